The Kier molecular flexibility index (Phi) is 6.03. The quantitative estimate of drug-likeness (QED) is 0.404. The van der Waals surface area contributed by atoms with E-state index in [2.05, 4.69) is 4.98 Å². The molecule has 0 unspecified atom stereocenters. The van der Waals surface area contributed by atoms with Crippen LogP contribution in [0.15, 0.2) is 77.2 Å². The van der Waals surface area contributed by atoms with Crippen molar-refractivity contribution in [2.24, 2.45) is 0 Å². The Morgan fingerprint density at radius 1 is 0.968 bits per heavy atom. The van der Waals surface area contributed by atoms with E-state index in [1.807, 2.05) is 86.6 Å². The summed E-state index contributed by atoms with van der Waals surface area (Å²) in [7, 11) is 0. The third kappa shape index (κ3) is 5.12. The van der Waals surface area contributed by atoms with E-state index in [4.69, 9.17) is 9.15 Å². The fourth-order valence-electron chi connectivity index (χ4n) is 3.45. The highest BCUT2D eigenvalue weighted by atomic mass is 16.5. The van der Waals surface area contributed by atoms with Crippen LogP contribution >= 0.6 is 0 Å². The van der Waals surface area contributed by atoms with Crippen molar-refractivity contribution in [1.82, 2.24) is 9.88 Å². The highest BCUT2D eigenvalue weighted by Crippen LogP contribution is 2.20. The molecule has 0 spiro atoms. The van der Waals surface area contributed by atoms with Crippen LogP contribution in [0.25, 0.3) is 11.1 Å². The molecule has 1 amide bonds. The zero-order chi connectivity index (χ0) is 21.8. The number of para-hydroxylation sites is 1. The first-order valence-corrected chi connectivity index (χ1v) is 10.4. The van der Waals surface area contributed by atoms with Crippen molar-refractivity contribution in [2.75, 3.05) is 0 Å². The standard InChI is InChI=1S/C26H26N2O3/c1-18-9-12-21(13-10-18)16-28(26(29)20(3)30-22-7-5-4-6-8-22)17-25-27-23-15-19(2)11-14-24(23)31-25/h4-15,20H,16-17H2,1-3H3/t20-/m0/s1. The van der Waals surface area contributed by atoms with Gasteiger partial charge in [-0.3, -0.25) is 4.79 Å². The van der Waals surface area contributed by atoms with E-state index < -0.39 is 6.10 Å². The molecule has 31 heavy (non-hydrogen) atoms. The number of rotatable bonds is 7. The molecule has 0 aliphatic carbocycles. The van der Waals surface area contributed by atoms with Crippen LogP contribution in [0.5, 0.6) is 5.75 Å². The number of aryl methyl sites for hydroxylation is 2. The van der Waals surface area contributed by atoms with Gasteiger partial charge in [0.15, 0.2) is 11.7 Å². The molecule has 0 aliphatic rings. The number of carbonyl (C=O) groups is 1. The van der Waals surface area contributed by atoms with Gasteiger partial charge in [-0.05, 0) is 56.2 Å². The lowest BCUT2D eigenvalue weighted by atomic mass is 10.1. The number of hydrogen-bond donors (Lipinski definition) is 0. The maximum absolute atomic E-state index is 13.3. The lowest BCUT2D eigenvalue weighted by Gasteiger charge is -2.25. The molecular formula is C26H26N2O3. The first kappa shape index (κ1) is 20.7. The van der Waals surface area contributed by atoms with Gasteiger partial charge in [-0.1, -0.05) is 54.1 Å². The third-order valence-corrected chi connectivity index (χ3v) is 5.12. The highest BCUT2D eigenvalue weighted by Gasteiger charge is 2.24. The van der Waals surface area contributed by atoms with Crippen LogP contribution in [-0.2, 0) is 17.9 Å². The summed E-state index contributed by atoms with van der Waals surface area (Å²) in [6, 6.07) is 23.4. The number of aromatic nitrogens is 1. The molecule has 4 rings (SSSR count). The molecule has 5 nitrogen and oxygen atoms in total. The average Bonchev–Trinajstić information content (AvgIpc) is 3.16. The fraction of sp³-hybridized carbons (Fsp3) is 0.231. The molecule has 0 aliphatic heterocycles. The van der Waals surface area contributed by atoms with Crippen LogP contribution in [0.1, 0.15) is 29.5 Å². The van der Waals surface area contributed by atoms with Crippen molar-refractivity contribution >= 4 is 17.0 Å². The summed E-state index contributed by atoms with van der Waals surface area (Å²) < 4.78 is 11.8. The minimum Gasteiger partial charge on any atom is -0.481 e. The lowest BCUT2D eigenvalue weighted by Crippen LogP contribution is -2.39. The maximum Gasteiger partial charge on any atom is 0.264 e. The molecular weight excluding hydrogens is 388 g/mol. The molecule has 0 radical (unpaired) electrons. The van der Waals surface area contributed by atoms with Gasteiger partial charge < -0.3 is 14.1 Å². The van der Waals surface area contributed by atoms with Crippen LogP contribution < -0.4 is 4.74 Å². The summed E-state index contributed by atoms with van der Waals surface area (Å²) in [5.41, 5.74) is 4.85. The van der Waals surface area contributed by atoms with Gasteiger partial charge in [0.25, 0.3) is 5.91 Å². The highest BCUT2D eigenvalue weighted by molar-refractivity contribution is 5.81. The predicted molar refractivity (Wildman–Crippen MR) is 121 cm³/mol. The van der Waals surface area contributed by atoms with Gasteiger partial charge in [0.1, 0.15) is 11.3 Å². The molecule has 0 bridgehead atoms. The molecule has 0 N–H and O–H groups in total. The van der Waals surface area contributed by atoms with E-state index in [1.54, 1.807) is 11.8 Å². The van der Waals surface area contributed by atoms with Gasteiger partial charge in [0.2, 0.25) is 5.89 Å². The maximum atomic E-state index is 13.3. The second-order valence-electron chi connectivity index (χ2n) is 7.83. The van der Waals surface area contributed by atoms with Crippen LogP contribution in [0.2, 0.25) is 0 Å². The Hall–Kier alpha value is -3.60. The van der Waals surface area contributed by atoms with E-state index in [-0.39, 0.29) is 12.5 Å². The number of oxazole rings is 1. The minimum absolute atomic E-state index is 0.122. The molecule has 1 atom stereocenters. The van der Waals surface area contributed by atoms with Crippen molar-refractivity contribution in [3.63, 3.8) is 0 Å². The number of benzene rings is 3. The van der Waals surface area contributed by atoms with Gasteiger partial charge in [-0.15, -0.1) is 0 Å². The topological polar surface area (TPSA) is 55.6 Å². The molecule has 5 heteroatoms. The van der Waals surface area contributed by atoms with Crippen LogP contribution in [0, 0.1) is 13.8 Å². The van der Waals surface area contributed by atoms with Gasteiger partial charge in [-0.2, -0.15) is 0 Å². The van der Waals surface area contributed by atoms with Crippen LogP contribution in [0.4, 0.5) is 0 Å². The summed E-state index contributed by atoms with van der Waals surface area (Å²) in [5.74, 6) is 1.05. The number of fused-ring (bicyclic) bond motifs is 1. The van der Waals surface area contributed by atoms with Gasteiger partial charge in [0.05, 0.1) is 6.54 Å². The Labute approximate surface area is 182 Å². The molecule has 4 aromatic rings. The summed E-state index contributed by atoms with van der Waals surface area (Å²) in [5, 5.41) is 0. The number of amides is 1. The zero-order valence-corrected chi connectivity index (χ0v) is 18.0. The van der Waals surface area contributed by atoms with Crippen LogP contribution in [-0.4, -0.2) is 21.9 Å². The summed E-state index contributed by atoms with van der Waals surface area (Å²) in [4.78, 5) is 19.6. The molecule has 0 saturated heterocycles. The molecule has 3 aromatic carbocycles. The summed E-state index contributed by atoms with van der Waals surface area (Å²) in [6.45, 7) is 6.54. The number of ether oxygens (including phenoxy) is 1. The van der Waals surface area contributed by atoms with Crippen molar-refractivity contribution in [1.29, 1.82) is 0 Å². The van der Waals surface area contributed by atoms with E-state index in [1.165, 1.54) is 5.56 Å². The van der Waals surface area contributed by atoms with E-state index in [0.717, 1.165) is 22.2 Å². The van der Waals surface area contributed by atoms with E-state index >= 15 is 0 Å². The van der Waals surface area contributed by atoms with Crippen molar-refractivity contribution in [3.8, 4) is 5.75 Å². The van der Waals surface area contributed by atoms with Gasteiger partial charge in [0, 0.05) is 6.54 Å². The lowest BCUT2D eigenvalue weighted by molar-refractivity contribution is -0.139. The molecule has 0 saturated carbocycles. The Morgan fingerprint density at radius 3 is 2.42 bits per heavy atom. The minimum atomic E-state index is -0.639. The van der Waals surface area contributed by atoms with Gasteiger partial charge >= 0.3 is 0 Å². The Bertz CT molecular complexity index is 1170. The Balaban J connectivity index is 1.57. The molecule has 1 heterocycles. The smallest absolute Gasteiger partial charge is 0.264 e. The largest absolute Gasteiger partial charge is 0.481 e. The predicted octanol–water partition coefficient (Wildman–Crippen LogP) is 5.44. The van der Waals surface area contributed by atoms with Crippen molar-refractivity contribution in [2.45, 2.75) is 40.0 Å². The van der Waals surface area contributed by atoms with Crippen molar-refractivity contribution < 1.29 is 13.9 Å². The number of hydrogen-bond acceptors (Lipinski definition) is 4. The molecule has 1 aromatic heterocycles. The summed E-state index contributed by atoms with van der Waals surface area (Å²) >= 11 is 0. The second-order valence-corrected chi connectivity index (χ2v) is 7.83. The normalized spacial score (nSPS) is 12.0. The second kappa shape index (κ2) is 9.04. The molecule has 0 fully saturated rings. The Morgan fingerprint density at radius 2 is 1.68 bits per heavy atom. The third-order valence-electron chi connectivity index (χ3n) is 5.12. The first-order valence-electron chi connectivity index (χ1n) is 10.4. The van der Waals surface area contributed by atoms with Crippen molar-refractivity contribution in [3.05, 3.63) is 95.4 Å². The monoisotopic (exact) mass is 414 g/mol. The van der Waals surface area contributed by atoms with Gasteiger partial charge in [-0.25, -0.2) is 4.98 Å². The average molecular weight is 415 g/mol. The summed E-state index contributed by atoms with van der Waals surface area (Å²) in [6.07, 6.45) is -0.639. The van der Waals surface area contributed by atoms with E-state index in [0.29, 0.717) is 18.2 Å². The SMILES string of the molecule is Cc1ccc(CN(Cc2nc3cc(C)ccc3o2)C(=O)[C@H](C)Oc2ccccc2)cc1. The molecule has 158 valence electrons. The fourth-order valence-corrected chi connectivity index (χ4v) is 3.45. The van der Waals surface area contributed by atoms with Crippen LogP contribution in [0.3, 0.4) is 0 Å². The first-order chi connectivity index (χ1) is 15.0. The number of carbonyl (C=O) groups excluding carboxylic acids is 1. The number of nitrogens with zero attached hydrogens (tertiary/aromatic N) is 2. The van der Waals surface area contributed by atoms with E-state index in [9.17, 15) is 4.79 Å². The zero-order valence-electron chi connectivity index (χ0n) is 18.0.